The van der Waals surface area contributed by atoms with Gasteiger partial charge in [0.15, 0.2) is 0 Å². The van der Waals surface area contributed by atoms with E-state index in [1.54, 1.807) is 12.1 Å². The maximum Gasteiger partial charge on any atom is 0.337 e. The molecule has 0 bridgehead atoms. The molecule has 6 heteroatoms. The lowest BCUT2D eigenvalue weighted by molar-refractivity contribution is 0.0698. The molecule has 0 spiro atoms. The lowest BCUT2D eigenvalue weighted by atomic mass is 10.1. The first-order chi connectivity index (χ1) is 8.68. The molecule has 5 nitrogen and oxygen atoms in total. The molecule has 0 aliphatic carbocycles. The molecule has 0 saturated carbocycles. The summed E-state index contributed by atoms with van der Waals surface area (Å²) in [5, 5.41) is 9.20. The molecular formula is C12H11BrN2O3. The lowest BCUT2D eigenvalue weighted by Crippen LogP contribution is -2.05. The van der Waals surface area contributed by atoms with Gasteiger partial charge in [-0.05, 0) is 34.5 Å². The molecule has 1 atom stereocenters. The Morgan fingerprint density at radius 3 is 3.11 bits per heavy atom. The zero-order valence-electron chi connectivity index (χ0n) is 9.47. The van der Waals surface area contributed by atoms with Crippen LogP contribution in [0.3, 0.4) is 0 Å². The summed E-state index contributed by atoms with van der Waals surface area (Å²) in [6, 6.07) is 3.31. The standard InChI is InChI=1S/C12H11BrN2O3/c13-10-9-8(12(16)17)2-1-4-15(9)11(14-10)7-3-5-18-6-7/h1-2,4,7H,3,5-6H2,(H,16,17). The molecule has 1 unspecified atom stereocenters. The second-order valence-corrected chi connectivity index (χ2v) is 5.02. The molecule has 1 aliphatic heterocycles. The summed E-state index contributed by atoms with van der Waals surface area (Å²) in [6.45, 7) is 1.37. The molecule has 1 fully saturated rings. The third kappa shape index (κ3) is 1.72. The van der Waals surface area contributed by atoms with E-state index in [0.29, 0.717) is 16.7 Å². The van der Waals surface area contributed by atoms with Crippen molar-refractivity contribution < 1.29 is 14.6 Å². The van der Waals surface area contributed by atoms with E-state index in [9.17, 15) is 9.90 Å². The van der Waals surface area contributed by atoms with Crippen molar-refractivity contribution in [3.63, 3.8) is 0 Å². The van der Waals surface area contributed by atoms with Crippen LogP contribution in [0.2, 0.25) is 0 Å². The summed E-state index contributed by atoms with van der Waals surface area (Å²) >= 11 is 3.35. The van der Waals surface area contributed by atoms with Crippen molar-refractivity contribution in [2.24, 2.45) is 0 Å². The second-order valence-electron chi connectivity index (χ2n) is 4.27. The number of carbonyl (C=O) groups is 1. The van der Waals surface area contributed by atoms with Crippen LogP contribution in [-0.4, -0.2) is 33.7 Å². The Balaban J connectivity index is 2.23. The number of aromatic carboxylic acids is 1. The molecule has 0 radical (unpaired) electrons. The van der Waals surface area contributed by atoms with E-state index < -0.39 is 5.97 Å². The number of aromatic nitrogens is 2. The molecule has 2 aromatic rings. The smallest absolute Gasteiger partial charge is 0.337 e. The quantitative estimate of drug-likeness (QED) is 0.924. The Morgan fingerprint density at radius 2 is 2.44 bits per heavy atom. The Morgan fingerprint density at radius 1 is 1.61 bits per heavy atom. The zero-order chi connectivity index (χ0) is 12.7. The molecule has 1 saturated heterocycles. The maximum atomic E-state index is 11.2. The van der Waals surface area contributed by atoms with Crippen molar-refractivity contribution in [2.75, 3.05) is 13.2 Å². The number of fused-ring (bicyclic) bond motifs is 1. The van der Waals surface area contributed by atoms with Gasteiger partial charge >= 0.3 is 5.97 Å². The van der Waals surface area contributed by atoms with Crippen molar-refractivity contribution in [1.29, 1.82) is 0 Å². The summed E-state index contributed by atoms with van der Waals surface area (Å²) in [4.78, 5) is 15.7. The van der Waals surface area contributed by atoms with Gasteiger partial charge in [-0.2, -0.15) is 0 Å². The Labute approximate surface area is 112 Å². The first-order valence-electron chi connectivity index (χ1n) is 5.66. The number of hydrogen-bond acceptors (Lipinski definition) is 3. The third-order valence-corrected chi connectivity index (χ3v) is 3.73. The van der Waals surface area contributed by atoms with Crippen LogP contribution in [0.5, 0.6) is 0 Å². The predicted molar refractivity (Wildman–Crippen MR) is 68.0 cm³/mol. The minimum atomic E-state index is -0.949. The van der Waals surface area contributed by atoms with Gasteiger partial charge in [-0.25, -0.2) is 9.78 Å². The van der Waals surface area contributed by atoms with Crippen LogP contribution in [-0.2, 0) is 4.74 Å². The number of ether oxygens (including phenoxy) is 1. The summed E-state index contributed by atoms with van der Waals surface area (Å²) in [5.74, 6) is 0.140. The van der Waals surface area contributed by atoms with Crippen molar-refractivity contribution >= 4 is 27.4 Å². The SMILES string of the molecule is O=C(O)c1cccn2c(C3CCOC3)nc(Br)c12. The first kappa shape index (κ1) is 11.7. The van der Waals surface area contributed by atoms with Gasteiger partial charge in [0.1, 0.15) is 10.4 Å². The summed E-state index contributed by atoms with van der Waals surface area (Å²) in [7, 11) is 0. The number of halogens is 1. The molecule has 94 valence electrons. The molecule has 1 N–H and O–H groups in total. The second kappa shape index (κ2) is 4.37. The number of carboxylic acids is 1. The van der Waals surface area contributed by atoms with Gasteiger partial charge in [-0.1, -0.05) is 0 Å². The number of imidazole rings is 1. The van der Waals surface area contributed by atoms with Crippen LogP contribution in [0, 0.1) is 0 Å². The fourth-order valence-corrected chi connectivity index (χ4v) is 2.90. The van der Waals surface area contributed by atoms with Gasteiger partial charge < -0.3 is 14.2 Å². The van der Waals surface area contributed by atoms with Crippen molar-refractivity contribution in [2.45, 2.75) is 12.3 Å². The Bertz CT molecular complexity index is 617. The number of nitrogens with zero attached hydrogens (tertiary/aromatic N) is 2. The van der Waals surface area contributed by atoms with Crippen molar-refractivity contribution in [3.8, 4) is 0 Å². The van der Waals surface area contributed by atoms with E-state index >= 15 is 0 Å². The minimum Gasteiger partial charge on any atom is -0.478 e. The van der Waals surface area contributed by atoms with Crippen LogP contribution >= 0.6 is 15.9 Å². The molecule has 2 aromatic heterocycles. The van der Waals surface area contributed by atoms with Gasteiger partial charge in [-0.3, -0.25) is 0 Å². The van der Waals surface area contributed by atoms with Crippen molar-refractivity contribution in [1.82, 2.24) is 9.38 Å². The highest BCUT2D eigenvalue weighted by Gasteiger charge is 2.25. The molecule has 0 amide bonds. The fraction of sp³-hybridized carbons (Fsp3) is 0.333. The van der Waals surface area contributed by atoms with E-state index in [1.165, 1.54) is 0 Å². The molecular weight excluding hydrogens is 300 g/mol. The number of rotatable bonds is 2. The van der Waals surface area contributed by atoms with E-state index in [4.69, 9.17) is 4.74 Å². The number of hydrogen-bond donors (Lipinski definition) is 1. The predicted octanol–water partition coefficient (Wildman–Crippen LogP) is 2.30. The largest absolute Gasteiger partial charge is 0.478 e. The lowest BCUT2D eigenvalue weighted by Gasteiger charge is -2.07. The highest BCUT2D eigenvalue weighted by atomic mass is 79.9. The van der Waals surface area contributed by atoms with E-state index in [-0.39, 0.29) is 11.5 Å². The van der Waals surface area contributed by atoms with Crippen LogP contribution in [0.25, 0.3) is 5.52 Å². The molecule has 0 aromatic carbocycles. The first-order valence-corrected chi connectivity index (χ1v) is 6.45. The summed E-state index contributed by atoms with van der Waals surface area (Å²) in [6.07, 6.45) is 2.76. The number of pyridine rings is 1. The maximum absolute atomic E-state index is 11.2. The normalized spacial score (nSPS) is 19.5. The number of carboxylic acid groups (broad SMARTS) is 1. The van der Waals surface area contributed by atoms with E-state index in [0.717, 1.165) is 18.9 Å². The summed E-state index contributed by atoms with van der Waals surface area (Å²) < 4.78 is 7.77. The van der Waals surface area contributed by atoms with Gasteiger partial charge in [0.25, 0.3) is 0 Å². The average Bonchev–Trinajstić information content (AvgIpc) is 2.97. The molecule has 3 heterocycles. The Kier molecular flexibility index (Phi) is 2.83. The fourth-order valence-electron chi connectivity index (χ4n) is 2.32. The van der Waals surface area contributed by atoms with Gasteiger partial charge in [0.05, 0.1) is 17.7 Å². The van der Waals surface area contributed by atoms with Crippen molar-refractivity contribution in [3.05, 3.63) is 34.3 Å². The summed E-state index contributed by atoms with van der Waals surface area (Å²) in [5.41, 5.74) is 0.856. The van der Waals surface area contributed by atoms with E-state index in [1.807, 2.05) is 10.6 Å². The van der Waals surface area contributed by atoms with E-state index in [2.05, 4.69) is 20.9 Å². The minimum absolute atomic E-state index is 0.229. The third-order valence-electron chi connectivity index (χ3n) is 3.17. The van der Waals surface area contributed by atoms with Crippen LogP contribution in [0.4, 0.5) is 0 Å². The van der Waals surface area contributed by atoms with Gasteiger partial charge in [-0.15, -0.1) is 0 Å². The monoisotopic (exact) mass is 310 g/mol. The average molecular weight is 311 g/mol. The molecule has 18 heavy (non-hydrogen) atoms. The van der Waals surface area contributed by atoms with Crippen LogP contribution < -0.4 is 0 Å². The highest BCUT2D eigenvalue weighted by molar-refractivity contribution is 9.10. The molecule has 1 aliphatic rings. The van der Waals surface area contributed by atoms with Gasteiger partial charge in [0.2, 0.25) is 0 Å². The van der Waals surface area contributed by atoms with Gasteiger partial charge in [0, 0.05) is 18.7 Å². The van der Waals surface area contributed by atoms with Crippen LogP contribution in [0.1, 0.15) is 28.5 Å². The highest BCUT2D eigenvalue weighted by Crippen LogP contribution is 2.30. The Hall–Kier alpha value is -1.40. The van der Waals surface area contributed by atoms with Crippen LogP contribution in [0.15, 0.2) is 22.9 Å². The zero-order valence-corrected chi connectivity index (χ0v) is 11.1. The molecule has 3 rings (SSSR count). The topological polar surface area (TPSA) is 63.8 Å².